The summed E-state index contributed by atoms with van der Waals surface area (Å²) in [5.41, 5.74) is 1.71. The molecule has 26 heavy (non-hydrogen) atoms. The van der Waals surface area contributed by atoms with E-state index in [1.807, 2.05) is 19.1 Å². The van der Waals surface area contributed by atoms with Gasteiger partial charge in [-0.15, -0.1) is 0 Å². The first-order valence-electron chi connectivity index (χ1n) is 8.56. The van der Waals surface area contributed by atoms with Crippen LogP contribution in [0, 0.1) is 0 Å². The highest BCUT2D eigenvalue weighted by atomic mass is 32.2. The molecule has 0 aliphatic carbocycles. The molecule has 2 aromatic rings. The number of nitrogens with one attached hydrogen (secondary N) is 1. The zero-order valence-electron chi connectivity index (χ0n) is 15.0. The lowest BCUT2D eigenvalue weighted by Crippen LogP contribution is -2.18. The minimum absolute atomic E-state index is 0.0211. The summed E-state index contributed by atoms with van der Waals surface area (Å²) in [4.78, 5) is 2.35. The van der Waals surface area contributed by atoms with E-state index in [0.29, 0.717) is 17.9 Å². The lowest BCUT2D eigenvalue weighted by molar-refractivity contribution is 0.318. The molecule has 0 heterocycles. The SMILES string of the molecule is CCCCc1ccc(S(=O)(=O)N/N=C/c2ccc(O)c(OCC)c2)cc1. The topological polar surface area (TPSA) is 88.0 Å². The molecule has 2 N–H and O–H groups in total. The molecule has 2 rings (SSSR count). The first-order valence-corrected chi connectivity index (χ1v) is 10.0. The van der Waals surface area contributed by atoms with E-state index in [-0.39, 0.29) is 10.6 Å². The van der Waals surface area contributed by atoms with E-state index < -0.39 is 10.0 Å². The summed E-state index contributed by atoms with van der Waals surface area (Å²) >= 11 is 0. The standard InChI is InChI=1S/C19H24N2O4S/c1-3-5-6-15-7-10-17(11-8-15)26(23,24)21-20-14-16-9-12-18(22)19(13-16)25-4-2/h7-14,21-22H,3-6H2,1-2H3/b20-14+. The third-order valence-electron chi connectivity index (χ3n) is 3.72. The number of sulfonamides is 1. The summed E-state index contributed by atoms with van der Waals surface area (Å²) in [6.07, 6.45) is 4.46. The highest BCUT2D eigenvalue weighted by Gasteiger charge is 2.12. The number of rotatable bonds is 9. The Balaban J connectivity index is 2.05. The number of benzene rings is 2. The van der Waals surface area contributed by atoms with Crippen LogP contribution in [0.15, 0.2) is 52.5 Å². The fourth-order valence-corrected chi connectivity index (χ4v) is 3.11. The van der Waals surface area contributed by atoms with Gasteiger partial charge in [0.2, 0.25) is 0 Å². The van der Waals surface area contributed by atoms with E-state index in [4.69, 9.17) is 4.74 Å². The summed E-state index contributed by atoms with van der Waals surface area (Å²) in [5, 5.41) is 13.5. The van der Waals surface area contributed by atoms with Gasteiger partial charge in [-0.25, -0.2) is 4.83 Å². The van der Waals surface area contributed by atoms with Crippen LogP contribution in [0.25, 0.3) is 0 Å². The zero-order chi connectivity index (χ0) is 19.0. The first-order chi connectivity index (χ1) is 12.5. The van der Waals surface area contributed by atoms with E-state index in [1.165, 1.54) is 12.3 Å². The lowest BCUT2D eigenvalue weighted by atomic mass is 10.1. The summed E-state index contributed by atoms with van der Waals surface area (Å²) in [6.45, 7) is 4.34. The molecular weight excluding hydrogens is 352 g/mol. The van der Waals surface area contributed by atoms with Crippen LogP contribution in [0.3, 0.4) is 0 Å². The molecule has 0 amide bonds. The Morgan fingerprint density at radius 1 is 1.15 bits per heavy atom. The van der Waals surface area contributed by atoms with Crippen molar-refractivity contribution in [2.45, 2.75) is 38.0 Å². The number of aromatic hydroxyl groups is 1. The largest absolute Gasteiger partial charge is 0.504 e. The summed E-state index contributed by atoms with van der Waals surface area (Å²) in [5.74, 6) is 0.342. The average molecular weight is 376 g/mol. The minimum atomic E-state index is -3.72. The van der Waals surface area contributed by atoms with Gasteiger partial charge >= 0.3 is 0 Å². The van der Waals surface area contributed by atoms with Gasteiger partial charge in [0.05, 0.1) is 17.7 Å². The Morgan fingerprint density at radius 3 is 2.54 bits per heavy atom. The zero-order valence-corrected chi connectivity index (χ0v) is 15.8. The Morgan fingerprint density at radius 2 is 1.88 bits per heavy atom. The highest BCUT2D eigenvalue weighted by Crippen LogP contribution is 2.26. The molecule has 0 spiro atoms. The molecule has 140 valence electrons. The number of aryl methyl sites for hydroxylation is 1. The number of unbranched alkanes of at least 4 members (excludes halogenated alkanes) is 1. The van der Waals surface area contributed by atoms with Crippen LogP contribution in [0.1, 0.15) is 37.8 Å². The second-order valence-electron chi connectivity index (χ2n) is 5.76. The van der Waals surface area contributed by atoms with Gasteiger partial charge in [-0.2, -0.15) is 13.5 Å². The molecule has 0 radical (unpaired) electrons. The molecule has 0 unspecified atom stereocenters. The van der Waals surface area contributed by atoms with Crippen LogP contribution in [-0.2, 0) is 16.4 Å². The van der Waals surface area contributed by atoms with Crippen LogP contribution in [0.4, 0.5) is 0 Å². The highest BCUT2D eigenvalue weighted by molar-refractivity contribution is 7.89. The molecular formula is C19H24N2O4S. The Labute approximate surface area is 154 Å². The second-order valence-corrected chi connectivity index (χ2v) is 7.42. The predicted octanol–water partition coefficient (Wildman–Crippen LogP) is 3.45. The maximum Gasteiger partial charge on any atom is 0.276 e. The molecule has 0 bridgehead atoms. The molecule has 6 nitrogen and oxygen atoms in total. The maximum absolute atomic E-state index is 12.3. The van der Waals surface area contributed by atoms with Crippen LogP contribution in [0.2, 0.25) is 0 Å². The van der Waals surface area contributed by atoms with E-state index in [0.717, 1.165) is 24.8 Å². The van der Waals surface area contributed by atoms with Crippen LogP contribution < -0.4 is 9.57 Å². The predicted molar refractivity (Wildman–Crippen MR) is 102 cm³/mol. The number of nitrogens with zero attached hydrogens (tertiary/aromatic N) is 1. The summed E-state index contributed by atoms with van der Waals surface area (Å²) in [7, 11) is -3.72. The van der Waals surface area contributed by atoms with Crippen molar-refractivity contribution in [1.82, 2.24) is 4.83 Å². The van der Waals surface area contributed by atoms with Crippen molar-refractivity contribution in [1.29, 1.82) is 0 Å². The van der Waals surface area contributed by atoms with Crippen molar-refractivity contribution in [3.63, 3.8) is 0 Å². The van der Waals surface area contributed by atoms with Crippen molar-refractivity contribution >= 4 is 16.2 Å². The smallest absolute Gasteiger partial charge is 0.276 e. The fourth-order valence-electron chi connectivity index (χ4n) is 2.32. The second kappa shape index (κ2) is 9.24. The number of ether oxygens (including phenoxy) is 1. The monoisotopic (exact) mass is 376 g/mol. The molecule has 2 aromatic carbocycles. The van der Waals surface area contributed by atoms with Gasteiger partial charge in [0.1, 0.15) is 0 Å². The molecule has 0 fully saturated rings. The lowest BCUT2D eigenvalue weighted by Gasteiger charge is -2.07. The van der Waals surface area contributed by atoms with Crippen molar-refractivity contribution in [2.24, 2.45) is 5.10 Å². The van der Waals surface area contributed by atoms with Crippen LogP contribution >= 0.6 is 0 Å². The van der Waals surface area contributed by atoms with Gasteiger partial charge in [-0.1, -0.05) is 25.5 Å². The Bertz CT molecular complexity index is 846. The van der Waals surface area contributed by atoms with Gasteiger partial charge in [0.15, 0.2) is 11.5 Å². The molecule has 0 saturated heterocycles. The van der Waals surface area contributed by atoms with E-state index in [9.17, 15) is 13.5 Å². The fraction of sp³-hybridized carbons (Fsp3) is 0.316. The number of phenolic OH excluding ortho intramolecular Hbond substituents is 1. The van der Waals surface area contributed by atoms with Gasteiger partial charge in [0.25, 0.3) is 10.0 Å². The van der Waals surface area contributed by atoms with E-state index in [1.54, 1.807) is 24.3 Å². The third-order valence-corrected chi connectivity index (χ3v) is 4.96. The Hall–Kier alpha value is -2.54. The van der Waals surface area contributed by atoms with Crippen molar-refractivity contribution in [3.8, 4) is 11.5 Å². The normalized spacial score (nSPS) is 11.6. The summed E-state index contributed by atoms with van der Waals surface area (Å²) in [6, 6.07) is 11.5. The number of hydrogen-bond acceptors (Lipinski definition) is 5. The van der Waals surface area contributed by atoms with E-state index in [2.05, 4.69) is 16.9 Å². The van der Waals surface area contributed by atoms with Gasteiger partial charge in [-0.05, 0) is 61.2 Å². The van der Waals surface area contributed by atoms with Crippen LogP contribution in [0.5, 0.6) is 11.5 Å². The number of phenols is 1. The van der Waals surface area contributed by atoms with E-state index >= 15 is 0 Å². The first kappa shape index (κ1) is 19.8. The Kier molecular flexibility index (Phi) is 7.03. The van der Waals surface area contributed by atoms with Gasteiger partial charge < -0.3 is 9.84 Å². The van der Waals surface area contributed by atoms with Crippen LogP contribution in [-0.4, -0.2) is 26.3 Å². The summed E-state index contributed by atoms with van der Waals surface area (Å²) < 4.78 is 29.8. The molecule has 0 atom stereocenters. The van der Waals surface area contributed by atoms with Crippen molar-refractivity contribution in [3.05, 3.63) is 53.6 Å². The molecule has 0 aliphatic rings. The molecule has 0 aliphatic heterocycles. The minimum Gasteiger partial charge on any atom is -0.504 e. The number of hydrogen-bond donors (Lipinski definition) is 2. The van der Waals surface area contributed by atoms with Gasteiger partial charge in [-0.3, -0.25) is 0 Å². The molecule has 7 heteroatoms. The quantitative estimate of drug-likeness (QED) is 0.518. The average Bonchev–Trinajstić information content (AvgIpc) is 2.63. The third kappa shape index (κ3) is 5.49. The van der Waals surface area contributed by atoms with Gasteiger partial charge in [0, 0.05) is 0 Å². The number of hydrazone groups is 1. The van der Waals surface area contributed by atoms with Crippen molar-refractivity contribution < 1.29 is 18.3 Å². The molecule has 0 aromatic heterocycles. The van der Waals surface area contributed by atoms with Crippen molar-refractivity contribution in [2.75, 3.05) is 6.61 Å². The molecule has 0 saturated carbocycles. The maximum atomic E-state index is 12.3.